The second kappa shape index (κ2) is 9.35. The van der Waals surface area contributed by atoms with Crippen LogP contribution in [0.1, 0.15) is 53.9 Å². The van der Waals surface area contributed by atoms with Crippen molar-refractivity contribution in [3.05, 3.63) is 0 Å². The first kappa shape index (κ1) is 19.4. The van der Waals surface area contributed by atoms with Crippen LogP contribution >= 0.6 is 0 Å². The number of likely N-dealkylation sites (N-methyl/N-ethyl adjacent to an activating group) is 1. The summed E-state index contributed by atoms with van der Waals surface area (Å²) in [6.45, 7) is 12.3. The fourth-order valence-electron chi connectivity index (χ4n) is 2.46. The van der Waals surface area contributed by atoms with Gasteiger partial charge in [-0.25, -0.2) is 0 Å². The largest absolute Gasteiger partial charge is 0.354 e. The molecule has 1 amide bonds. The Balaban J connectivity index is 4.12. The van der Waals surface area contributed by atoms with E-state index in [0.717, 1.165) is 25.9 Å². The molecular weight excluding hydrogens is 250 g/mol. The highest BCUT2D eigenvalue weighted by Crippen LogP contribution is 2.16. The fourth-order valence-corrected chi connectivity index (χ4v) is 2.46. The molecule has 0 fully saturated rings. The van der Waals surface area contributed by atoms with Crippen LogP contribution in [0.15, 0.2) is 0 Å². The maximum absolute atomic E-state index is 11.9. The van der Waals surface area contributed by atoms with Gasteiger partial charge in [0.1, 0.15) is 0 Å². The number of nitrogens with one attached hydrogen (secondary N) is 2. The summed E-state index contributed by atoms with van der Waals surface area (Å²) < 4.78 is 0. The summed E-state index contributed by atoms with van der Waals surface area (Å²) in [6, 6.07) is 0.421. The highest BCUT2D eigenvalue weighted by molar-refractivity contribution is 5.76. The lowest BCUT2D eigenvalue weighted by molar-refractivity contribution is -0.121. The molecule has 0 saturated heterocycles. The molecule has 0 aromatic carbocycles. The van der Waals surface area contributed by atoms with Crippen LogP contribution in [-0.2, 0) is 4.79 Å². The third kappa shape index (κ3) is 8.54. The SMILES string of the molecule is CCC(CC)C(CNC(=O)CCNC(C)(C)C)N(C)C. The molecule has 0 aliphatic rings. The average molecular weight is 285 g/mol. The van der Waals surface area contributed by atoms with Gasteiger partial charge in [0, 0.05) is 31.1 Å². The van der Waals surface area contributed by atoms with E-state index in [1.54, 1.807) is 0 Å². The van der Waals surface area contributed by atoms with E-state index in [1.807, 2.05) is 0 Å². The Bertz CT molecular complexity index is 267. The van der Waals surface area contributed by atoms with E-state index in [1.165, 1.54) is 0 Å². The zero-order valence-electron chi connectivity index (χ0n) is 14.5. The van der Waals surface area contributed by atoms with E-state index in [-0.39, 0.29) is 11.4 Å². The predicted molar refractivity (Wildman–Crippen MR) is 86.9 cm³/mol. The number of hydrogen-bond donors (Lipinski definition) is 2. The van der Waals surface area contributed by atoms with Gasteiger partial charge in [0.15, 0.2) is 0 Å². The van der Waals surface area contributed by atoms with Gasteiger partial charge >= 0.3 is 0 Å². The highest BCUT2D eigenvalue weighted by Gasteiger charge is 2.21. The summed E-state index contributed by atoms with van der Waals surface area (Å²) >= 11 is 0. The van der Waals surface area contributed by atoms with E-state index in [2.05, 4.69) is 64.2 Å². The number of carbonyl (C=O) groups excluding carboxylic acids is 1. The molecule has 0 aliphatic heterocycles. The lowest BCUT2D eigenvalue weighted by Crippen LogP contribution is -2.45. The van der Waals surface area contributed by atoms with Crippen LogP contribution in [0, 0.1) is 5.92 Å². The van der Waals surface area contributed by atoms with Crippen LogP contribution in [0.2, 0.25) is 0 Å². The zero-order chi connectivity index (χ0) is 15.8. The number of rotatable bonds is 9. The maximum Gasteiger partial charge on any atom is 0.221 e. The summed E-state index contributed by atoms with van der Waals surface area (Å²) in [7, 11) is 4.19. The van der Waals surface area contributed by atoms with Crippen molar-refractivity contribution in [1.82, 2.24) is 15.5 Å². The van der Waals surface area contributed by atoms with Crippen molar-refractivity contribution >= 4 is 5.91 Å². The smallest absolute Gasteiger partial charge is 0.221 e. The topological polar surface area (TPSA) is 44.4 Å². The first-order chi connectivity index (χ1) is 9.21. The summed E-state index contributed by atoms with van der Waals surface area (Å²) in [5, 5.41) is 6.42. The third-order valence-corrected chi connectivity index (χ3v) is 3.77. The van der Waals surface area contributed by atoms with Crippen molar-refractivity contribution in [2.75, 3.05) is 27.2 Å². The summed E-state index contributed by atoms with van der Waals surface area (Å²) in [5.74, 6) is 0.776. The molecule has 0 aromatic heterocycles. The quantitative estimate of drug-likeness (QED) is 0.683. The molecule has 1 unspecified atom stereocenters. The molecule has 0 radical (unpaired) electrons. The molecule has 4 heteroatoms. The monoisotopic (exact) mass is 285 g/mol. The molecule has 0 saturated carbocycles. The van der Waals surface area contributed by atoms with Crippen molar-refractivity contribution in [3.8, 4) is 0 Å². The van der Waals surface area contributed by atoms with E-state index >= 15 is 0 Å². The fraction of sp³-hybridized carbons (Fsp3) is 0.938. The van der Waals surface area contributed by atoms with Gasteiger partial charge in [0.25, 0.3) is 0 Å². The van der Waals surface area contributed by atoms with E-state index in [0.29, 0.717) is 18.4 Å². The molecule has 4 nitrogen and oxygen atoms in total. The third-order valence-electron chi connectivity index (χ3n) is 3.77. The van der Waals surface area contributed by atoms with Crippen LogP contribution in [0.5, 0.6) is 0 Å². The normalized spacial score (nSPS) is 13.8. The minimum absolute atomic E-state index is 0.0714. The summed E-state index contributed by atoms with van der Waals surface area (Å²) in [5.41, 5.74) is 0.0714. The second-order valence-corrected chi connectivity index (χ2v) is 6.84. The lowest BCUT2D eigenvalue weighted by Gasteiger charge is -2.31. The highest BCUT2D eigenvalue weighted by atomic mass is 16.1. The number of amides is 1. The molecule has 20 heavy (non-hydrogen) atoms. The Morgan fingerprint density at radius 1 is 1.15 bits per heavy atom. The van der Waals surface area contributed by atoms with Crippen LogP contribution in [-0.4, -0.2) is 49.6 Å². The molecule has 120 valence electrons. The Morgan fingerprint density at radius 2 is 1.70 bits per heavy atom. The zero-order valence-corrected chi connectivity index (χ0v) is 14.5. The summed E-state index contributed by atoms with van der Waals surface area (Å²) in [6.07, 6.45) is 2.85. The molecule has 0 rings (SSSR count). The maximum atomic E-state index is 11.9. The lowest BCUT2D eigenvalue weighted by atomic mass is 9.93. The van der Waals surface area contributed by atoms with Crippen molar-refractivity contribution in [1.29, 1.82) is 0 Å². The first-order valence-electron chi connectivity index (χ1n) is 7.89. The molecular formula is C16H35N3O. The van der Waals surface area contributed by atoms with Gasteiger partial charge in [-0.2, -0.15) is 0 Å². The van der Waals surface area contributed by atoms with E-state index < -0.39 is 0 Å². The number of nitrogens with zero attached hydrogens (tertiary/aromatic N) is 1. The second-order valence-electron chi connectivity index (χ2n) is 6.84. The van der Waals surface area contributed by atoms with Crippen LogP contribution in [0.3, 0.4) is 0 Å². The minimum Gasteiger partial charge on any atom is -0.354 e. The molecule has 0 heterocycles. The molecule has 2 N–H and O–H groups in total. The van der Waals surface area contributed by atoms with Gasteiger partial charge in [0.05, 0.1) is 0 Å². The first-order valence-corrected chi connectivity index (χ1v) is 7.89. The standard InChI is InChI=1S/C16H35N3O/c1-8-13(9-2)14(19(6)7)12-17-15(20)10-11-18-16(3,4)5/h13-14,18H,8-12H2,1-7H3,(H,17,20). The molecule has 0 aromatic rings. The Morgan fingerprint density at radius 3 is 2.10 bits per heavy atom. The van der Waals surface area contributed by atoms with Crippen molar-refractivity contribution in [2.45, 2.75) is 65.5 Å². The molecule has 0 bridgehead atoms. The van der Waals surface area contributed by atoms with Crippen molar-refractivity contribution < 1.29 is 4.79 Å². The minimum atomic E-state index is 0.0714. The molecule has 0 aliphatic carbocycles. The summed E-state index contributed by atoms with van der Waals surface area (Å²) in [4.78, 5) is 14.1. The van der Waals surface area contributed by atoms with Gasteiger partial charge < -0.3 is 15.5 Å². The van der Waals surface area contributed by atoms with Crippen molar-refractivity contribution in [3.63, 3.8) is 0 Å². The van der Waals surface area contributed by atoms with Gasteiger partial charge in [0.2, 0.25) is 5.91 Å². The van der Waals surface area contributed by atoms with E-state index in [9.17, 15) is 4.79 Å². The van der Waals surface area contributed by atoms with Gasteiger partial charge in [-0.1, -0.05) is 26.7 Å². The Hall–Kier alpha value is -0.610. The van der Waals surface area contributed by atoms with Crippen LogP contribution in [0.25, 0.3) is 0 Å². The number of carbonyl (C=O) groups is 1. The predicted octanol–water partition coefficient (Wildman–Crippen LogP) is 2.25. The molecule has 0 spiro atoms. The average Bonchev–Trinajstić information content (AvgIpc) is 2.32. The molecule has 1 atom stereocenters. The van der Waals surface area contributed by atoms with E-state index in [4.69, 9.17) is 0 Å². The number of hydrogen-bond acceptors (Lipinski definition) is 3. The van der Waals surface area contributed by atoms with Crippen LogP contribution < -0.4 is 10.6 Å². The van der Waals surface area contributed by atoms with Gasteiger partial charge in [-0.15, -0.1) is 0 Å². The van der Waals surface area contributed by atoms with Gasteiger partial charge in [-0.05, 0) is 40.8 Å². The van der Waals surface area contributed by atoms with Crippen molar-refractivity contribution in [2.24, 2.45) is 5.92 Å². The Kier molecular flexibility index (Phi) is 9.06. The Labute approximate surface area is 125 Å². The van der Waals surface area contributed by atoms with Crippen LogP contribution in [0.4, 0.5) is 0 Å². The van der Waals surface area contributed by atoms with Gasteiger partial charge in [-0.3, -0.25) is 4.79 Å².